The van der Waals surface area contributed by atoms with E-state index in [1.807, 2.05) is 0 Å². The molecule has 0 spiro atoms. The molecule has 1 aromatic rings. The van der Waals surface area contributed by atoms with Crippen LogP contribution in [0.2, 0.25) is 0 Å². The molecule has 6 nitrogen and oxygen atoms in total. The van der Waals surface area contributed by atoms with Crippen LogP contribution in [0.25, 0.3) is 10.4 Å². The molecule has 1 rings (SSSR count). The molecule has 72 valence electrons. The van der Waals surface area contributed by atoms with Crippen molar-refractivity contribution < 1.29 is 14.6 Å². The van der Waals surface area contributed by atoms with Gasteiger partial charge in [-0.3, -0.25) is 0 Å². The average molecular weight is 193 g/mol. The number of ether oxygens (including phenoxy) is 1. The summed E-state index contributed by atoms with van der Waals surface area (Å²) in [5, 5.41) is 12.0. The van der Waals surface area contributed by atoms with Gasteiger partial charge in [-0.1, -0.05) is 5.11 Å². The lowest BCUT2D eigenvalue weighted by Gasteiger charge is -2.03. The molecule has 14 heavy (non-hydrogen) atoms. The largest absolute Gasteiger partial charge is 0.497 e. The highest BCUT2D eigenvalue weighted by Crippen LogP contribution is 2.24. The maximum Gasteiger partial charge on any atom is 0.336 e. The predicted octanol–water partition coefficient (Wildman–Crippen LogP) is 2.34. The van der Waals surface area contributed by atoms with Crippen LogP contribution in [0.15, 0.2) is 23.3 Å². The molecular weight excluding hydrogens is 186 g/mol. The Morgan fingerprint density at radius 1 is 1.64 bits per heavy atom. The molecule has 0 radical (unpaired) electrons. The number of rotatable bonds is 3. The summed E-state index contributed by atoms with van der Waals surface area (Å²) in [6.45, 7) is 0. The third-order valence-electron chi connectivity index (χ3n) is 1.59. The van der Waals surface area contributed by atoms with Crippen LogP contribution in [0.4, 0.5) is 5.69 Å². The maximum absolute atomic E-state index is 10.7. The summed E-state index contributed by atoms with van der Waals surface area (Å²) in [7, 11) is 1.42. The fourth-order valence-corrected chi connectivity index (χ4v) is 0.949. The molecular formula is C8H7N3O3. The highest BCUT2D eigenvalue weighted by molar-refractivity contribution is 5.93. The molecule has 0 fully saturated rings. The van der Waals surface area contributed by atoms with Crippen molar-refractivity contribution in [2.24, 2.45) is 5.11 Å². The van der Waals surface area contributed by atoms with Crippen LogP contribution < -0.4 is 4.74 Å². The summed E-state index contributed by atoms with van der Waals surface area (Å²) in [4.78, 5) is 13.3. The van der Waals surface area contributed by atoms with E-state index in [1.165, 1.54) is 25.3 Å². The topological polar surface area (TPSA) is 95.3 Å². The summed E-state index contributed by atoms with van der Waals surface area (Å²) in [5.41, 5.74) is 8.18. The molecule has 0 saturated heterocycles. The van der Waals surface area contributed by atoms with Gasteiger partial charge in [0.15, 0.2) is 0 Å². The van der Waals surface area contributed by atoms with Gasteiger partial charge in [-0.05, 0) is 23.7 Å². The average Bonchev–Trinajstić information content (AvgIpc) is 2.18. The zero-order valence-corrected chi connectivity index (χ0v) is 7.34. The third-order valence-corrected chi connectivity index (χ3v) is 1.59. The molecule has 0 aliphatic heterocycles. The van der Waals surface area contributed by atoms with Gasteiger partial charge in [-0.2, -0.15) is 0 Å². The quantitative estimate of drug-likeness (QED) is 0.453. The lowest BCUT2D eigenvalue weighted by molar-refractivity contribution is 0.0697. The Morgan fingerprint density at radius 2 is 2.36 bits per heavy atom. The number of nitrogens with zero attached hydrogens (tertiary/aromatic N) is 3. The number of methoxy groups -OCH3 is 1. The summed E-state index contributed by atoms with van der Waals surface area (Å²) in [6.07, 6.45) is 0. The van der Waals surface area contributed by atoms with E-state index in [9.17, 15) is 4.79 Å². The molecule has 0 heterocycles. The Kier molecular flexibility index (Phi) is 2.93. The van der Waals surface area contributed by atoms with Gasteiger partial charge in [0.25, 0.3) is 0 Å². The standard InChI is InChI=1S/C8H7N3O3/c1-14-5-2-3-7(10-11-9)6(4-5)8(12)13/h2-4H,1H3,(H,12,13). The lowest BCUT2D eigenvalue weighted by atomic mass is 10.2. The second kappa shape index (κ2) is 4.15. The van der Waals surface area contributed by atoms with Crippen LogP contribution in [0, 0.1) is 0 Å². The van der Waals surface area contributed by atoms with Crippen LogP contribution in [0.3, 0.4) is 0 Å². The van der Waals surface area contributed by atoms with Gasteiger partial charge in [0.2, 0.25) is 0 Å². The molecule has 0 aliphatic rings. The second-order valence-electron chi connectivity index (χ2n) is 2.38. The van der Waals surface area contributed by atoms with Crippen molar-refractivity contribution in [3.8, 4) is 5.75 Å². The molecule has 1 aromatic carbocycles. The minimum absolute atomic E-state index is 0.0702. The number of aromatic carboxylic acids is 1. The number of carboxylic acids is 1. The third kappa shape index (κ3) is 1.94. The van der Waals surface area contributed by atoms with Gasteiger partial charge >= 0.3 is 5.97 Å². The molecule has 0 saturated carbocycles. The predicted molar refractivity (Wildman–Crippen MR) is 48.8 cm³/mol. The monoisotopic (exact) mass is 193 g/mol. The molecule has 0 amide bonds. The zero-order chi connectivity index (χ0) is 10.6. The van der Waals surface area contributed by atoms with Gasteiger partial charge in [0, 0.05) is 4.91 Å². The number of carbonyl (C=O) groups is 1. The van der Waals surface area contributed by atoms with Gasteiger partial charge in [-0.15, -0.1) is 0 Å². The highest BCUT2D eigenvalue weighted by Gasteiger charge is 2.09. The molecule has 0 bridgehead atoms. The van der Waals surface area contributed by atoms with Crippen molar-refractivity contribution in [2.45, 2.75) is 0 Å². The van der Waals surface area contributed by atoms with Crippen molar-refractivity contribution in [3.63, 3.8) is 0 Å². The zero-order valence-electron chi connectivity index (χ0n) is 7.34. The lowest BCUT2D eigenvalue weighted by Crippen LogP contribution is -1.97. The molecule has 0 aliphatic carbocycles. The Balaban J connectivity index is 3.30. The first-order chi connectivity index (χ1) is 6.69. The van der Waals surface area contributed by atoms with Gasteiger partial charge in [-0.25, -0.2) is 4.79 Å². The van der Waals surface area contributed by atoms with Gasteiger partial charge in [0.05, 0.1) is 18.4 Å². The number of azide groups is 1. The van der Waals surface area contributed by atoms with Crippen LogP contribution in [-0.2, 0) is 0 Å². The van der Waals surface area contributed by atoms with E-state index < -0.39 is 5.97 Å². The second-order valence-corrected chi connectivity index (χ2v) is 2.38. The molecule has 0 aromatic heterocycles. The molecule has 0 atom stereocenters. The smallest absolute Gasteiger partial charge is 0.336 e. The Bertz CT molecular complexity index is 410. The van der Waals surface area contributed by atoms with Crippen LogP contribution in [0.5, 0.6) is 5.75 Å². The SMILES string of the molecule is COc1ccc(N=[N+]=[N-])c(C(=O)O)c1. The number of carboxylic acid groups (broad SMARTS) is 1. The normalized spacial score (nSPS) is 8.93. The van der Waals surface area contributed by atoms with E-state index in [0.29, 0.717) is 5.75 Å². The first kappa shape index (κ1) is 9.88. The van der Waals surface area contributed by atoms with Crippen molar-refractivity contribution in [3.05, 3.63) is 34.2 Å². The van der Waals surface area contributed by atoms with Crippen molar-refractivity contribution >= 4 is 11.7 Å². The highest BCUT2D eigenvalue weighted by atomic mass is 16.5. The fraction of sp³-hybridized carbons (Fsp3) is 0.125. The van der Waals surface area contributed by atoms with Crippen molar-refractivity contribution in [2.75, 3.05) is 7.11 Å². The van der Waals surface area contributed by atoms with Crippen LogP contribution in [0.1, 0.15) is 10.4 Å². The summed E-state index contributed by atoms with van der Waals surface area (Å²) >= 11 is 0. The number of hydrogen-bond acceptors (Lipinski definition) is 3. The Morgan fingerprint density at radius 3 is 2.86 bits per heavy atom. The van der Waals surface area contributed by atoms with E-state index in [0.717, 1.165) is 0 Å². The fourth-order valence-electron chi connectivity index (χ4n) is 0.949. The molecule has 1 N–H and O–H groups in total. The van der Waals surface area contributed by atoms with E-state index >= 15 is 0 Å². The van der Waals surface area contributed by atoms with Crippen molar-refractivity contribution in [1.82, 2.24) is 0 Å². The van der Waals surface area contributed by atoms with Crippen molar-refractivity contribution in [1.29, 1.82) is 0 Å². The Labute approximate surface area is 79.4 Å². The first-order valence-corrected chi connectivity index (χ1v) is 3.65. The summed E-state index contributed by atoms with van der Waals surface area (Å²) in [5.74, 6) is -0.759. The number of hydrogen-bond donors (Lipinski definition) is 1. The van der Waals surface area contributed by atoms with Crippen LogP contribution >= 0.6 is 0 Å². The van der Waals surface area contributed by atoms with Crippen LogP contribution in [-0.4, -0.2) is 18.2 Å². The van der Waals surface area contributed by atoms with E-state index in [4.69, 9.17) is 15.4 Å². The first-order valence-electron chi connectivity index (χ1n) is 3.65. The van der Waals surface area contributed by atoms with Gasteiger partial charge in [0.1, 0.15) is 5.75 Å². The Hall–Kier alpha value is -2.20. The minimum atomic E-state index is -1.16. The maximum atomic E-state index is 10.7. The minimum Gasteiger partial charge on any atom is -0.497 e. The molecule has 6 heteroatoms. The summed E-state index contributed by atoms with van der Waals surface area (Å²) < 4.78 is 4.84. The van der Waals surface area contributed by atoms with Gasteiger partial charge < -0.3 is 9.84 Å². The number of benzene rings is 1. The van der Waals surface area contributed by atoms with E-state index in [-0.39, 0.29) is 11.3 Å². The van der Waals surface area contributed by atoms with E-state index in [2.05, 4.69) is 10.0 Å². The summed E-state index contributed by atoms with van der Waals surface area (Å²) in [6, 6.07) is 4.21. The molecule has 0 unspecified atom stereocenters. The van der Waals surface area contributed by atoms with E-state index in [1.54, 1.807) is 0 Å².